The Hall–Kier alpha value is -0.660. The van der Waals surface area contributed by atoms with Crippen molar-refractivity contribution in [1.29, 1.82) is 0 Å². The lowest BCUT2D eigenvalue weighted by Crippen LogP contribution is -2.28. The number of hydrogen-bond donors (Lipinski definition) is 1. The third kappa shape index (κ3) is 7.24. The van der Waals surface area contributed by atoms with Gasteiger partial charge < -0.3 is 9.64 Å². The molecule has 5 nitrogen and oxygen atoms in total. The minimum absolute atomic E-state index is 0.258. The first-order valence-electron chi connectivity index (χ1n) is 6.83. The van der Waals surface area contributed by atoms with Crippen LogP contribution < -0.4 is 4.72 Å². The Morgan fingerprint density at radius 1 is 1.19 bits per heavy atom. The van der Waals surface area contributed by atoms with Crippen molar-refractivity contribution < 1.29 is 13.2 Å². The molecule has 0 fully saturated rings. The number of nitrogens with zero attached hydrogens (tertiary/aromatic N) is 1. The molecule has 7 heteroatoms. The van der Waals surface area contributed by atoms with Gasteiger partial charge in [0.05, 0.1) is 18.1 Å². The summed E-state index contributed by atoms with van der Waals surface area (Å²) >= 11 is 5.65. The molecule has 0 aromatic heterocycles. The number of benzene rings is 1. The number of hydrogen-bond acceptors (Lipinski definition) is 4. The molecule has 0 aliphatic heterocycles. The van der Waals surface area contributed by atoms with Crippen LogP contribution in [-0.4, -0.2) is 59.6 Å². The maximum Gasteiger partial charge on any atom is 0.240 e. The van der Waals surface area contributed by atoms with Gasteiger partial charge >= 0.3 is 0 Å². The Kier molecular flexibility index (Phi) is 8.21. The van der Waals surface area contributed by atoms with Crippen molar-refractivity contribution >= 4 is 21.6 Å². The van der Waals surface area contributed by atoms with Gasteiger partial charge in [-0.15, -0.1) is 11.6 Å². The lowest BCUT2D eigenvalue weighted by Gasteiger charge is -2.10. The van der Waals surface area contributed by atoms with E-state index >= 15 is 0 Å². The maximum atomic E-state index is 12.0. The summed E-state index contributed by atoms with van der Waals surface area (Å²) in [7, 11) is 0.448. The molecule has 1 aromatic rings. The Morgan fingerprint density at radius 2 is 1.86 bits per heavy atom. The first kappa shape index (κ1) is 18.4. The molecule has 0 unspecified atom stereocenters. The summed E-state index contributed by atoms with van der Waals surface area (Å²) in [6, 6.07) is 6.75. The van der Waals surface area contributed by atoms with E-state index < -0.39 is 10.0 Å². The van der Waals surface area contributed by atoms with Crippen molar-refractivity contribution in [2.75, 3.05) is 46.3 Å². The van der Waals surface area contributed by atoms with Crippen LogP contribution in [0.25, 0.3) is 0 Å². The summed E-state index contributed by atoms with van der Waals surface area (Å²) in [5.41, 5.74) is 1.02. The minimum Gasteiger partial charge on any atom is -0.379 e. The standard InChI is InChI=1S/C14H23ClN2O3S/c1-17(2)10-12-20-11-9-16-21(18,19)14-5-3-13(4-6-14)7-8-15/h3-6,16H,7-12H2,1-2H3. The van der Waals surface area contributed by atoms with Crippen molar-refractivity contribution in [1.82, 2.24) is 9.62 Å². The van der Waals surface area contributed by atoms with E-state index in [1.807, 2.05) is 19.0 Å². The maximum absolute atomic E-state index is 12.0. The van der Waals surface area contributed by atoms with Gasteiger partial charge in [0.2, 0.25) is 10.0 Å². The average molecular weight is 335 g/mol. The highest BCUT2D eigenvalue weighted by atomic mass is 35.5. The van der Waals surface area contributed by atoms with E-state index in [4.69, 9.17) is 16.3 Å². The Morgan fingerprint density at radius 3 is 2.43 bits per heavy atom. The third-order valence-corrected chi connectivity index (χ3v) is 4.50. The van der Waals surface area contributed by atoms with Gasteiger partial charge in [-0.3, -0.25) is 0 Å². The van der Waals surface area contributed by atoms with E-state index in [9.17, 15) is 8.42 Å². The third-order valence-electron chi connectivity index (χ3n) is 2.84. The second kappa shape index (κ2) is 9.38. The molecule has 1 N–H and O–H groups in total. The fraction of sp³-hybridized carbons (Fsp3) is 0.571. The van der Waals surface area contributed by atoms with Gasteiger partial charge in [-0.2, -0.15) is 0 Å². The van der Waals surface area contributed by atoms with Crippen molar-refractivity contribution in [3.63, 3.8) is 0 Å². The molecule has 0 heterocycles. The van der Waals surface area contributed by atoms with Gasteiger partial charge in [-0.1, -0.05) is 12.1 Å². The Labute approximate surface area is 132 Å². The van der Waals surface area contributed by atoms with E-state index in [1.165, 1.54) is 0 Å². The molecule has 0 saturated heterocycles. The van der Waals surface area contributed by atoms with Crippen LogP contribution in [0.5, 0.6) is 0 Å². The number of halogens is 1. The number of likely N-dealkylation sites (N-methyl/N-ethyl adjacent to an activating group) is 1. The second-order valence-corrected chi connectivity index (χ2v) is 7.04. The van der Waals surface area contributed by atoms with Crippen LogP contribution in [0.2, 0.25) is 0 Å². The van der Waals surface area contributed by atoms with Crippen LogP contribution in [0.3, 0.4) is 0 Å². The summed E-state index contributed by atoms with van der Waals surface area (Å²) in [4.78, 5) is 2.26. The summed E-state index contributed by atoms with van der Waals surface area (Å²) in [6.07, 6.45) is 0.731. The zero-order valence-corrected chi connectivity index (χ0v) is 14.1. The Bertz CT molecular complexity index is 503. The van der Waals surface area contributed by atoms with Crippen LogP contribution in [0.1, 0.15) is 5.56 Å². The molecule has 0 saturated carbocycles. The first-order valence-corrected chi connectivity index (χ1v) is 8.84. The molecular formula is C14H23ClN2O3S. The molecule has 1 aromatic carbocycles. The summed E-state index contributed by atoms with van der Waals surface area (Å²) in [6.45, 7) is 2.02. The van der Waals surface area contributed by atoms with Gasteiger partial charge in [0, 0.05) is 19.0 Å². The fourth-order valence-electron chi connectivity index (χ4n) is 1.63. The van der Waals surface area contributed by atoms with Crippen LogP contribution >= 0.6 is 11.6 Å². The normalized spacial score (nSPS) is 12.0. The number of ether oxygens (including phenoxy) is 1. The van der Waals surface area contributed by atoms with Crippen molar-refractivity contribution in [3.8, 4) is 0 Å². The molecule has 0 amide bonds. The van der Waals surface area contributed by atoms with Crippen molar-refractivity contribution in [2.24, 2.45) is 0 Å². The molecule has 21 heavy (non-hydrogen) atoms. The largest absolute Gasteiger partial charge is 0.379 e. The SMILES string of the molecule is CN(C)CCOCCNS(=O)(=O)c1ccc(CCCl)cc1. The fourth-order valence-corrected chi connectivity index (χ4v) is 2.86. The highest BCUT2D eigenvalue weighted by Crippen LogP contribution is 2.11. The highest BCUT2D eigenvalue weighted by Gasteiger charge is 2.12. The number of aryl methyl sites for hydroxylation is 1. The Balaban J connectivity index is 2.39. The second-order valence-electron chi connectivity index (χ2n) is 4.90. The molecule has 0 aliphatic rings. The molecular weight excluding hydrogens is 312 g/mol. The zero-order chi connectivity index (χ0) is 15.7. The molecule has 120 valence electrons. The lowest BCUT2D eigenvalue weighted by atomic mass is 10.2. The molecule has 0 radical (unpaired) electrons. The molecule has 0 aliphatic carbocycles. The zero-order valence-electron chi connectivity index (χ0n) is 12.5. The van der Waals surface area contributed by atoms with Crippen LogP contribution in [0, 0.1) is 0 Å². The number of alkyl halides is 1. The van der Waals surface area contributed by atoms with E-state index in [1.54, 1.807) is 24.3 Å². The van der Waals surface area contributed by atoms with E-state index in [0.717, 1.165) is 18.5 Å². The van der Waals surface area contributed by atoms with E-state index in [0.29, 0.717) is 19.1 Å². The number of sulfonamides is 1. The average Bonchev–Trinajstić information content (AvgIpc) is 2.43. The van der Waals surface area contributed by atoms with Gasteiger partial charge in [-0.05, 0) is 38.2 Å². The van der Waals surface area contributed by atoms with E-state index in [-0.39, 0.29) is 11.4 Å². The quantitative estimate of drug-likeness (QED) is 0.518. The van der Waals surface area contributed by atoms with Crippen molar-refractivity contribution in [2.45, 2.75) is 11.3 Å². The van der Waals surface area contributed by atoms with Gasteiger partial charge in [0.1, 0.15) is 0 Å². The number of rotatable bonds is 10. The molecule has 0 atom stereocenters. The molecule has 0 spiro atoms. The molecule has 1 rings (SSSR count). The van der Waals surface area contributed by atoms with Gasteiger partial charge in [0.15, 0.2) is 0 Å². The van der Waals surface area contributed by atoms with Crippen LogP contribution in [-0.2, 0) is 21.2 Å². The summed E-state index contributed by atoms with van der Waals surface area (Å²) < 4.78 is 31.9. The van der Waals surface area contributed by atoms with Crippen LogP contribution in [0.15, 0.2) is 29.2 Å². The van der Waals surface area contributed by atoms with Crippen molar-refractivity contribution in [3.05, 3.63) is 29.8 Å². The number of nitrogens with one attached hydrogen (secondary N) is 1. The lowest BCUT2D eigenvalue weighted by molar-refractivity contribution is 0.122. The topological polar surface area (TPSA) is 58.6 Å². The predicted octanol–water partition coefficient (Wildman–Crippen LogP) is 1.32. The van der Waals surface area contributed by atoms with Gasteiger partial charge in [0.25, 0.3) is 0 Å². The smallest absolute Gasteiger partial charge is 0.240 e. The predicted molar refractivity (Wildman–Crippen MR) is 85.4 cm³/mol. The molecule has 0 bridgehead atoms. The van der Waals surface area contributed by atoms with Gasteiger partial charge in [-0.25, -0.2) is 13.1 Å². The van der Waals surface area contributed by atoms with E-state index in [2.05, 4.69) is 4.72 Å². The highest BCUT2D eigenvalue weighted by molar-refractivity contribution is 7.89. The van der Waals surface area contributed by atoms with Crippen LogP contribution in [0.4, 0.5) is 0 Å². The monoisotopic (exact) mass is 334 g/mol. The minimum atomic E-state index is -3.47. The summed E-state index contributed by atoms with van der Waals surface area (Å²) in [5, 5.41) is 0. The first-order chi connectivity index (χ1) is 9.95. The summed E-state index contributed by atoms with van der Waals surface area (Å²) in [5.74, 6) is 0.522.